The van der Waals surface area contributed by atoms with Crippen LogP contribution in [0, 0.1) is 5.41 Å². The molecule has 0 aliphatic carbocycles. The van der Waals surface area contributed by atoms with Gasteiger partial charge in [-0.15, -0.1) is 0 Å². The Hall–Kier alpha value is -1.71. The first-order valence-corrected chi connectivity index (χ1v) is 3.03. The minimum Gasteiger partial charge on any atom is -0.504 e. The average Bonchev–Trinajstić information content (AvgIpc) is 1.99. The van der Waals surface area contributed by atoms with Gasteiger partial charge in [0.2, 0.25) is 0 Å². The number of aromatic hydroxyl groups is 1. The molecular weight excluding hydrogens is 142 g/mol. The van der Waals surface area contributed by atoms with Gasteiger partial charge in [-0.1, -0.05) is 0 Å². The molecule has 58 valence electrons. The molecule has 4 heteroatoms. The Morgan fingerprint density at radius 2 is 1.73 bits per heavy atom. The highest BCUT2D eigenvalue weighted by atomic mass is 16.3. The van der Waals surface area contributed by atoms with E-state index in [9.17, 15) is 0 Å². The van der Waals surface area contributed by atoms with Gasteiger partial charge in [0.15, 0.2) is 5.75 Å². The van der Waals surface area contributed by atoms with Crippen LogP contribution in [0.3, 0.4) is 0 Å². The quantitative estimate of drug-likeness (QED) is 0.268. The molecule has 11 heavy (non-hydrogen) atoms. The molecule has 0 fully saturated rings. The van der Waals surface area contributed by atoms with Crippen molar-refractivity contribution in [2.75, 3.05) is 11.5 Å². The third-order valence-corrected chi connectivity index (χ3v) is 1.36. The second kappa shape index (κ2) is 2.49. The predicted octanol–water partition coefficient (Wildman–Crippen LogP) is 0.554. The van der Waals surface area contributed by atoms with Gasteiger partial charge in [0.25, 0.3) is 0 Å². The minimum absolute atomic E-state index is 0.115. The number of hydrogen-bond acceptors (Lipinski definition) is 4. The van der Waals surface area contributed by atoms with Crippen molar-refractivity contribution in [3.05, 3.63) is 17.7 Å². The first-order chi connectivity index (χ1) is 5.15. The third-order valence-electron chi connectivity index (χ3n) is 1.36. The summed E-state index contributed by atoms with van der Waals surface area (Å²) in [6.45, 7) is 0. The zero-order valence-corrected chi connectivity index (χ0v) is 5.83. The summed E-state index contributed by atoms with van der Waals surface area (Å²) < 4.78 is 0. The van der Waals surface area contributed by atoms with Crippen molar-refractivity contribution in [1.29, 1.82) is 5.41 Å². The summed E-state index contributed by atoms with van der Waals surface area (Å²) in [4.78, 5) is 0. The average molecular weight is 151 g/mol. The van der Waals surface area contributed by atoms with Crippen molar-refractivity contribution in [3.63, 3.8) is 0 Å². The highest BCUT2D eigenvalue weighted by molar-refractivity contribution is 5.83. The van der Waals surface area contributed by atoms with Crippen molar-refractivity contribution in [2.45, 2.75) is 0 Å². The number of hydrogen-bond donors (Lipinski definition) is 4. The van der Waals surface area contributed by atoms with Gasteiger partial charge in [0, 0.05) is 6.21 Å². The number of phenols is 1. The summed E-state index contributed by atoms with van der Waals surface area (Å²) in [5.74, 6) is -0.115. The molecule has 0 bridgehead atoms. The predicted molar refractivity (Wildman–Crippen MR) is 44.8 cm³/mol. The van der Waals surface area contributed by atoms with Crippen LogP contribution in [0.25, 0.3) is 0 Å². The van der Waals surface area contributed by atoms with Gasteiger partial charge in [0.1, 0.15) is 0 Å². The summed E-state index contributed by atoms with van der Waals surface area (Å²) in [5.41, 5.74) is 11.7. The number of nitrogens with one attached hydrogen (secondary N) is 1. The number of rotatable bonds is 1. The topological polar surface area (TPSA) is 96.1 Å². The van der Waals surface area contributed by atoms with Gasteiger partial charge < -0.3 is 22.0 Å². The van der Waals surface area contributed by atoms with Crippen LogP contribution < -0.4 is 11.5 Å². The number of anilines is 2. The van der Waals surface area contributed by atoms with Crippen LogP contribution in [0.15, 0.2) is 12.1 Å². The van der Waals surface area contributed by atoms with E-state index in [1.165, 1.54) is 12.1 Å². The Bertz CT molecular complexity index is 273. The zero-order chi connectivity index (χ0) is 8.43. The van der Waals surface area contributed by atoms with Crippen LogP contribution in [0.4, 0.5) is 11.4 Å². The molecule has 0 radical (unpaired) electrons. The fraction of sp³-hybridized carbons (Fsp3) is 0. The van der Waals surface area contributed by atoms with E-state index in [0.29, 0.717) is 5.56 Å². The first kappa shape index (κ1) is 7.40. The van der Waals surface area contributed by atoms with E-state index in [2.05, 4.69) is 0 Å². The van der Waals surface area contributed by atoms with Gasteiger partial charge in [0.05, 0.1) is 11.4 Å². The molecule has 1 rings (SSSR count). The third kappa shape index (κ3) is 1.24. The molecule has 6 N–H and O–H groups in total. The molecule has 1 aromatic carbocycles. The maximum absolute atomic E-state index is 9.10. The Balaban J connectivity index is 3.31. The molecule has 1 aromatic rings. The summed E-state index contributed by atoms with van der Waals surface area (Å²) in [7, 11) is 0. The largest absolute Gasteiger partial charge is 0.504 e. The number of phenolic OH excluding ortho intramolecular Hbond substituents is 1. The lowest BCUT2D eigenvalue weighted by Gasteiger charge is -2.02. The van der Waals surface area contributed by atoms with Gasteiger partial charge in [-0.2, -0.15) is 0 Å². The van der Waals surface area contributed by atoms with E-state index < -0.39 is 0 Å². The van der Waals surface area contributed by atoms with Crippen LogP contribution >= 0.6 is 0 Å². The van der Waals surface area contributed by atoms with E-state index in [4.69, 9.17) is 22.0 Å². The molecule has 0 saturated carbocycles. The second-order valence-electron chi connectivity index (χ2n) is 2.19. The molecule has 0 unspecified atom stereocenters. The lowest BCUT2D eigenvalue weighted by Crippen LogP contribution is -1.94. The monoisotopic (exact) mass is 151 g/mol. The standard InChI is InChI=1S/C7H9N3O/c8-3-4-1-5(9)7(11)6(10)2-4/h1-3,8,11H,9-10H2. The molecule has 0 saturated heterocycles. The molecule has 0 aromatic heterocycles. The lowest BCUT2D eigenvalue weighted by molar-refractivity contribution is 0.480. The van der Waals surface area contributed by atoms with E-state index in [-0.39, 0.29) is 17.1 Å². The van der Waals surface area contributed by atoms with Gasteiger partial charge in [-0.3, -0.25) is 0 Å². The molecule has 0 amide bonds. The van der Waals surface area contributed by atoms with E-state index in [0.717, 1.165) is 6.21 Å². The summed E-state index contributed by atoms with van der Waals surface area (Å²) in [6.07, 6.45) is 1.12. The van der Waals surface area contributed by atoms with Crippen molar-refractivity contribution in [1.82, 2.24) is 0 Å². The zero-order valence-electron chi connectivity index (χ0n) is 5.83. The van der Waals surface area contributed by atoms with Crippen LogP contribution in [-0.2, 0) is 0 Å². The molecular formula is C7H9N3O. The molecule has 0 heterocycles. The van der Waals surface area contributed by atoms with Gasteiger partial charge in [-0.05, 0) is 17.7 Å². The van der Waals surface area contributed by atoms with Crippen LogP contribution in [0.5, 0.6) is 5.75 Å². The maximum atomic E-state index is 9.10. The molecule has 0 atom stereocenters. The fourth-order valence-corrected chi connectivity index (χ4v) is 0.788. The fourth-order valence-electron chi connectivity index (χ4n) is 0.788. The maximum Gasteiger partial charge on any atom is 0.161 e. The Morgan fingerprint density at radius 3 is 2.09 bits per heavy atom. The highest BCUT2D eigenvalue weighted by Crippen LogP contribution is 2.27. The number of benzene rings is 1. The summed E-state index contributed by atoms with van der Waals surface area (Å²) in [6, 6.07) is 2.97. The molecule has 0 aliphatic rings. The Morgan fingerprint density at radius 1 is 1.27 bits per heavy atom. The first-order valence-electron chi connectivity index (χ1n) is 3.03. The lowest BCUT2D eigenvalue weighted by atomic mass is 10.2. The van der Waals surface area contributed by atoms with Gasteiger partial charge >= 0.3 is 0 Å². The van der Waals surface area contributed by atoms with Crippen LogP contribution in [0.1, 0.15) is 5.56 Å². The van der Waals surface area contributed by atoms with Crippen molar-refractivity contribution in [2.24, 2.45) is 0 Å². The SMILES string of the molecule is N=Cc1cc(N)c(O)c(N)c1. The van der Waals surface area contributed by atoms with Crippen molar-refractivity contribution < 1.29 is 5.11 Å². The molecule has 4 nitrogen and oxygen atoms in total. The summed E-state index contributed by atoms with van der Waals surface area (Å²) in [5, 5.41) is 16.0. The van der Waals surface area contributed by atoms with Crippen molar-refractivity contribution in [3.8, 4) is 5.75 Å². The smallest absolute Gasteiger partial charge is 0.161 e. The van der Waals surface area contributed by atoms with E-state index >= 15 is 0 Å². The van der Waals surface area contributed by atoms with E-state index in [1.54, 1.807) is 0 Å². The van der Waals surface area contributed by atoms with E-state index in [1.807, 2.05) is 0 Å². The molecule has 0 spiro atoms. The Kier molecular flexibility index (Phi) is 1.68. The normalized spacial score (nSPS) is 9.45. The van der Waals surface area contributed by atoms with Crippen LogP contribution in [-0.4, -0.2) is 11.3 Å². The minimum atomic E-state index is -0.115. The summed E-state index contributed by atoms with van der Waals surface area (Å²) >= 11 is 0. The number of nitrogens with two attached hydrogens (primary N) is 2. The second-order valence-corrected chi connectivity index (χ2v) is 2.19. The van der Waals surface area contributed by atoms with Gasteiger partial charge in [-0.25, -0.2) is 0 Å². The number of nitrogen functional groups attached to an aromatic ring is 2. The van der Waals surface area contributed by atoms with Crippen molar-refractivity contribution >= 4 is 17.6 Å². The molecule has 0 aliphatic heterocycles. The van der Waals surface area contributed by atoms with Crippen LogP contribution in [0.2, 0.25) is 0 Å². The Labute approximate surface area is 64.0 Å². The highest BCUT2D eigenvalue weighted by Gasteiger charge is 2.02.